The molecular formula is C13H17N3O2S. The van der Waals surface area contributed by atoms with Gasteiger partial charge in [-0.1, -0.05) is 6.92 Å². The van der Waals surface area contributed by atoms with Crippen LogP contribution in [0.15, 0.2) is 18.5 Å². The predicted molar refractivity (Wildman–Crippen MR) is 77.2 cm³/mol. The first-order valence-corrected chi connectivity index (χ1v) is 6.96. The number of aliphatic hydroxyl groups is 1. The number of thiophene rings is 1. The van der Waals surface area contributed by atoms with Crippen molar-refractivity contribution in [1.29, 1.82) is 0 Å². The summed E-state index contributed by atoms with van der Waals surface area (Å²) in [5.74, 6) is 0.0784. The number of pyridine rings is 1. The maximum Gasteiger partial charge on any atom is 0.263 e. The fraction of sp³-hybridized carbons (Fsp3) is 0.385. The first kappa shape index (κ1) is 13.8. The number of aliphatic hydroxyl groups excluding tert-OH is 1. The Morgan fingerprint density at radius 2 is 2.42 bits per heavy atom. The Balaban J connectivity index is 2.11. The van der Waals surface area contributed by atoms with Gasteiger partial charge >= 0.3 is 0 Å². The van der Waals surface area contributed by atoms with Gasteiger partial charge in [-0.05, 0) is 18.4 Å². The average molecular weight is 279 g/mol. The number of nitrogens with one attached hydrogen (secondary N) is 1. The standard InChI is InChI=1S/C13H17N3O2S/c1-8(3-5-17)6-16-13(18)12-11(14)9-2-4-15-7-10(9)19-12/h2,4,7-8,17H,3,5-6,14H2,1H3,(H,16,18). The van der Waals surface area contributed by atoms with E-state index < -0.39 is 0 Å². The number of nitrogen functional groups attached to an aromatic ring is 1. The quantitative estimate of drug-likeness (QED) is 0.776. The van der Waals surface area contributed by atoms with E-state index in [1.807, 2.05) is 13.0 Å². The van der Waals surface area contributed by atoms with Crippen LogP contribution < -0.4 is 11.1 Å². The number of carbonyl (C=O) groups is 1. The van der Waals surface area contributed by atoms with E-state index in [-0.39, 0.29) is 18.4 Å². The molecule has 0 bridgehead atoms. The second-order valence-corrected chi connectivity index (χ2v) is 5.60. The first-order chi connectivity index (χ1) is 9.13. The van der Waals surface area contributed by atoms with Crippen LogP contribution >= 0.6 is 11.3 Å². The van der Waals surface area contributed by atoms with Crippen LogP contribution in [0, 0.1) is 5.92 Å². The van der Waals surface area contributed by atoms with Gasteiger partial charge in [-0.2, -0.15) is 0 Å². The van der Waals surface area contributed by atoms with Crippen LogP contribution in [0.2, 0.25) is 0 Å². The zero-order valence-electron chi connectivity index (χ0n) is 10.7. The van der Waals surface area contributed by atoms with Crippen LogP contribution in [-0.2, 0) is 0 Å². The Bertz CT molecular complexity index is 582. The third kappa shape index (κ3) is 3.02. The van der Waals surface area contributed by atoms with Gasteiger partial charge in [0.15, 0.2) is 0 Å². The molecule has 5 nitrogen and oxygen atoms in total. The molecule has 102 valence electrons. The minimum Gasteiger partial charge on any atom is -0.397 e. The molecule has 0 aliphatic heterocycles. The summed E-state index contributed by atoms with van der Waals surface area (Å²) in [6.45, 7) is 2.65. The van der Waals surface area contributed by atoms with Crippen LogP contribution in [0.25, 0.3) is 10.1 Å². The van der Waals surface area contributed by atoms with E-state index in [2.05, 4.69) is 10.3 Å². The van der Waals surface area contributed by atoms with Gasteiger partial charge in [0, 0.05) is 30.9 Å². The van der Waals surface area contributed by atoms with E-state index in [1.54, 1.807) is 12.4 Å². The number of nitrogens with zero attached hydrogens (tertiary/aromatic N) is 1. The summed E-state index contributed by atoms with van der Waals surface area (Å²) in [5, 5.41) is 12.5. The number of rotatable bonds is 5. The second kappa shape index (κ2) is 5.99. The van der Waals surface area contributed by atoms with Crippen LogP contribution in [0.4, 0.5) is 5.69 Å². The molecule has 0 fully saturated rings. The molecule has 4 N–H and O–H groups in total. The van der Waals surface area contributed by atoms with Crippen molar-refractivity contribution in [3.05, 3.63) is 23.3 Å². The Hall–Kier alpha value is -1.66. The SMILES string of the molecule is CC(CCO)CNC(=O)c1sc2cnccc2c1N. The fourth-order valence-electron chi connectivity index (χ4n) is 1.81. The number of anilines is 1. The highest BCUT2D eigenvalue weighted by molar-refractivity contribution is 7.21. The Morgan fingerprint density at radius 3 is 3.11 bits per heavy atom. The predicted octanol–water partition coefficient (Wildman–Crippen LogP) is 1.63. The number of carbonyl (C=O) groups excluding carboxylic acids is 1. The third-order valence-corrected chi connectivity index (χ3v) is 4.13. The number of hydrogen-bond donors (Lipinski definition) is 3. The molecule has 19 heavy (non-hydrogen) atoms. The summed E-state index contributed by atoms with van der Waals surface area (Å²) >= 11 is 1.35. The number of hydrogen-bond acceptors (Lipinski definition) is 5. The molecule has 6 heteroatoms. The number of fused-ring (bicyclic) bond motifs is 1. The average Bonchev–Trinajstić information content (AvgIpc) is 2.74. The maximum atomic E-state index is 12.1. The molecule has 0 radical (unpaired) electrons. The first-order valence-electron chi connectivity index (χ1n) is 6.14. The molecule has 0 aliphatic carbocycles. The zero-order chi connectivity index (χ0) is 13.8. The van der Waals surface area contributed by atoms with Gasteiger partial charge in [0.25, 0.3) is 5.91 Å². The molecule has 0 saturated heterocycles. The van der Waals surface area contributed by atoms with Crippen molar-refractivity contribution in [3.8, 4) is 0 Å². The van der Waals surface area contributed by atoms with Crippen molar-refractivity contribution >= 4 is 33.0 Å². The minimum atomic E-state index is -0.163. The molecule has 1 unspecified atom stereocenters. The van der Waals surface area contributed by atoms with Crippen molar-refractivity contribution < 1.29 is 9.90 Å². The molecule has 1 amide bonds. The molecule has 2 rings (SSSR count). The lowest BCUT2D eigenvalue weighted by atomic mass is 10.1. The van der Waals surface area contributed by atoms with Gasteiger partial charge in [-0.25, -0.2) is 0 Å². The summed E-state index contributed by atoms with van der Waals surface area (Å²) < 4.78 is 0.911. The van der Waals surface area contributed by atoms with Crippen molar-refractivity contribution in [2.24, 2.45) is 5.92 Å². The lowest BCUT2D eigenvalue weighted by molar-refractivity contribution is 0.0950. The summed E-state index contributed by atoms with van der Waals surface area (Å²) in [5.41, 5.74) is 6.50. The molecule has 1 atom stereocenters. The Labute approximate surface area is 115 Å². The van der Waals surface area contributed by atoms with Gasteiger partial charge in [0.1, 0.15) is 4.88 Å². The topological polar surface area (TPSA) is 88.2 Å². The Morgan fingerprint density at radius 1 is 1.63 bits per heavy atom. The van der Waals surface area contributed by atoms with Crippen molar-refractivity contribution in [2.45, 2.75) is 13.3 Å². The van der Waals surface area contributed by atoms with Crippen molar-refractivity contribution in [2.75, 3.05) is 18.9 Å². The van der Waals surface area contributed by atoms with Crippen LogP contribution in [0.1, 0.15) is 23.0 Å². The van der Waals surface area contributed by atoms with Gasteiger partial charge in [0.2, 0.25) is 0 Å². The van der Waals surface area contributed by atoms with Crippen LogP contribution in [-0.4, -0.2) is 29.1 Å². The van der Waals surface area contributed by atoms with E-state index >= 15 is 0 Å². The molecule has 0 saturated carbocycles. The second-order valence-electron chi connectivity index (χ2n) is 4.54. The van der Waals surface area contributed by atoms with Crippen molar-refractivity contribution in [3.63, 3.8) is 0 Å². The molecule has 0 aromatic carbocycles. The Kier molecular flexibility index (Phi) is 4.34. The molecule has 0 aliphatic rings. The highest BCUT2D eigenvalue weighted by atomic mass is 32.1. The molecule has 0 spiro atoms. The molecule has 2 heterocycles. The minimum absolute atomic E-state index is 0.133. The summed E-state index contributed by atoms with van der Waals surface area (Å²) in [6.07, 6.45) is 4.05. The molecular weight excluding hydrogens is 262 g/mol. The lowest BCUT2D eigenvalue weighted by Gasteiger charge is -2.10. The maximum absolute atomic E-state index is 12.1. The normalized spacial score (nSPS) is 12.5. The van der Waals surface area contributed by atoms with E-state index in [4.69, 9.17) is 10.8 Å². The van der Waals surface area contributed by atoms with Gasteiger partial charge < -0.3 is 16.2 Å². The summed E-state index contributed by atoms with van der Waals surface area (Å²) in [7, 11) is 0. The highest BCUT2D eigenvalue weighted by Gasteiger charge is 2.16. The highest BCUT2D eigenvalue weighted by Crippen LogP contribution is 2.32. The number of aromatic nitrogens is 1. The largest absolute Gasteiger partial charge is 0.397 e. The van der Waals surface area contributed by atoms with Crippen molar-refractivity contribution in [1.82, 2.24) is 10.3 Å². The number of amides is 1. The molecule has 2 aromatic rings. The van der Waals surface area contributed by atoms with Gasteiger partial charge in [0.05, 0.1) is 10.4 Å². The van der Waals surface area contributed by atoms with E-state index in [0.29, 0.717) is 23.5 Å². The summed E-state index contributed by atoms with van der Waals surface area (Å²) in [6, 6.07) is 1.81. The van der Waals surface area contributed by atoms with Gasteiger partial charge in [-0.3, -0.25) is 9.78 Å². The molecule has 2 aromatic heterocycles. The van der Waals surface area contributed by atoms with Crippen LogP contribution in [0.3, 0.4) is 0 Å². The lowest BCUT2D eigenvalue weighted by Crippen LogP contribution is -2.28. The number of nitrogens with two attached hydrogens (primary N) is 1. The smallest absolute Gasteiger partial charge is 0.263 e. The van der Waals surface area contributed by atoms with E-state index in [0.717, 1.165) is 10.1 Å². The zero-order valence-corrected chi connectivity index (χ0v) is 11.5. The fourth-order valence-corrected chi connectivity index (χ4v) is 2.82. The van der Waals surface area contributed by atoms with Crippen LogP contribution in [0.5, 0.6) is 0 Å². The van der Waals surface area contributed by atoms with E-state index in [9.17, 15) is 4.79 Å². The summed E-state index contributed by atoms with van der Waals surface area (Å²) in [4.78, 5) is 16.6. The monoisotopic (exact) mass is 279 g/mol. The van der Waals surface area contributed by atoms with Gasteiger partial charge in [-0.15, -0.1) is 11.3 Å². The third-order valence-electron chi connectivity index (χ3n) is 2.97. The van der Waals surface area contributed by atoms with E-state index in [1.165, 1.54) is 11.3 Å².